The zero-order valence-electron chi connectivity index (χ0n) is 17.2. The average molecular weight is 384 g/mol. The van der Waals surface area contributed by atoms with Gasteiger partial charge in [0.25, 0.3) is 0 Å². The van der Waals surface area contributed by atoms with Gasteiger partial charge in [0.15, 0.2) is 0 Å². The summed E-state index contributed by atoms with van der Waals surface area (Å²) >= 11 is 0. The number of hydrogen-bond acceptors (Lipinski definition) is 4. The zero-order valence-corrected chi connectivity index (χ0v) is 17.2. The van der Waals surface area contributed by atoms with E-state index in [0.29, 0.717) is 25.4 Å². The lowest BCUT2D eigenvalue weighted by atomic mass is 9.81. The molecule has 0 aliphatic heterocycles. The molecule has 6 heteroatoms. The van der Waals surface area contributed by atoms with Gasteiger partial charge in [-0.3, -0.25) is 9.59 Å². The van der Waals surface area contributed by atoms with Gasteiger partial charge in [-0.15, -0.1) is 0 Å². The molecular weight excluding hydrogens is 346 g/mol. The Labute approximate surface area is 163 Å². The van der Waals surface area contributed by atoms with E-state index in [1.165, 1.54) is 6.42 Å². The molecule has 1 aliphatic carbocycles. The second kappa shape index (κ2) is 12.7. The van der Waals surface area contributed by atoms with E-state index in [1.807, 2.05) is 20.8 Å². The Morgan fingerprint density at radius 3 is 2.37 bits per heavy atom. The highest BCUT2D eigenvalue weighted by atomic mass is 16.5. The van der Waals surface area contributed by atoms with Crippen LogP contribution in [0.4, 0.5) is 0 Å². The van der Waals surface area contributed by atoms with Gasteiger partial charge in [-0.1, -0.05) is 59.3 Å². The predicted octanol–water partition coefficient (Wildman–Crippen LogP) is 3.92. The van der Waals surface area contributed by atoms with E-state index >= 15 is 0 Å². The Balaban J connectivity index is 2.72. The highest BCUT2D eigenvalue weighted by molar-refractivity contribution is 5.87. The number of unbranched alkanes of at least 4 members (excludes halogenated alkanes) is 1. The lowest BCUT2D eigenvalue weighted by molar-refractivity contribution is -0.148. The Hall–Kier alpha value is -1.59. The topological polar surface area (TPSA) is 92.7 Å². The van der Waals surface area contributed by atoms with Crippen LogP contribution in [-0.2, 0) is 19.1 Å². The molecule has 1 rings (SSSR count). The van der Waals surface area contributed by atoms with E-state index in [2.05, 4.69) is 5.32 Å². The van der Waals surface area contributed by atoms with Gasteiger partial charge in [-0.25, -0.2) is 4.79 Å². The van der Waals surface area contributed by atoms with Gasteiger partial charge in [-0.05, 0) is 31.1 Å². The van der Waals surface area contributed by atoms with Crippen molar-refractivity contribution in [2.45, 2.75) is 91.0 Å². The summed E-state index contributed by atoms with van der Waals surface area (Å²) in [6.07, 6.45) is 8.46. The van der Waals surface area contributed by atoms with Gasteiger partial charge >= 0.3 is 11.9 Å². The van der Waals surface area contributed by atoms with Crippen molar-refractivity contribution in [3.8, 4) is 0 Å². The van der Waals surface area contributed by atoms with Crippen LogP contribution in [0.3, 0.4) is 0 Å². The van der Waals surface area contributed by atoms with Crippen LogP contribution in [-0.4, -0.2) is 35.6 Å². The van der Waals surface area contributed by atoms with Gasteiger partial charge < -0.3 is 15.2 Å². The summed E-state index contributed by atoms with van der Waals surface area (Å²) in [6, 6.07) is -0.914. The Morgan fingerprint density at radius 2 is 1.81 bits per heavy atom. The van der Waals surface area contributed by atoms with E-state index in [0.717, 1.165) is 38.5 Å². The molecule has 0 aromatic rings. The molecular formula is C21H37NO5. The van der Waals surface area contributed by atoms with Crippen molar-refractivity contribution < 1.29 is 24.2 Å². The highest BCUT2D eigenvalue weighted by Gasteiger charge is 2.30. The highest BCUT2D eigenvalue weighted by Crippen LogP contribution is 2.30. The Morgan fingerprint density at radius 1 is 1.15 bits per heavy atom. The normalized spacial score (nSPS) is 17.3. The fourth-order valence-corrected chi connectivity index (χ4v) is 3.68. The van der Waals surface area contributed by atoms with E-state index < -0.39 is 17.9 Å². The zero-order chi connectivity index (χ0) is 20.2. The van der Waals surface area contributed by atoms with E-state index in [-0.39, 0.29) is 24.2 Å². The number of carboxylic acid groups (broad SMARTS) is 1. The third kappa shape index (κ3) is 9.78. The Kier molecular flexibility index (Phi) is 11.1. The maximum atomic E-state index is 12.8. The summed E-state index contributed by atoms with van der Waals surface area (Å²) in [7, 11) is 0. The van der Waals surface area contributed by atoms with Gasteiger partial charge in [-0.2, -0.15) is 0 Å². The third-order valence-electron chi connectivity index (χ3n) is 5.21. The summed E-state index contributed by atoms with van der Waals surface area (Å²) in [5.74, 6) is -1.67. The number of esters is 1. The molecule has 156 valence electrons. The molecule has 0 saturated heterocycles. The number of amides is 1. The lowest BCUT2D eigenvalue weighted by Gasteiger charge is -2.27. The second-order valence-corrected chi connectivity index (χ2v) is 8.24. The van der Waals surface area contributed by atoms with Crippen molar-refractivity contribution in [3.63, 3.8) is 0 Å². The second-order valence-electron chi connectivity index (χ2n) is 8.24. The quantitative estimate of drug-likeness (QED) is 0.393. The van der Waals surface area contributed by atoms with Gasteiger partial charge in [0.2, 0.25) is 5.91 Å². The van der Waals surface area contributed by atoms with Crippen LogP contribution in [0.15, 0.2) is 0 Å². The molecule has 2 atom stereocenters. The smallest absolute Gasteiger partial charge is 0.326 e. The number of ether oxygens (including phenoxy) is 1. The Bertz CT molecular complexity index is 471. The van der Waals surface area contributed by atoms with E-state index in [4.69, 9.17) is 4.74 Å². The summed E-state index contributed by atoms with van der Waals surface area (Å²) < 4.78 is 5.23. The molecule has 0 aromatic carbocycles. The first-order valence-electron chi connectivity index (χ1n) is 10.5. The number of carbonyl (C=O) groups excluding carboxylic acids is 2. The van der Waals surface area contributed by atoms with Crippen LogP contribution in [0, 0.1) is 17.8 Å². The number of carbonyl (C=O) groups is 3. The minimum atomic E-state index is -1.03. The number of hydrogen-bond donors (Lipinski definition) is 2. The van der Waals surface area contributed by atoms with Crippen molar-refractivity contribution in [3.05, 3.63) is 0 Å². The summed E-state index contributed by atoms with van der Waals surface area (Å²) in [4.78, 5) is 36.4. The number of carboxylic acids is 1. The molecule has 0 aromatic heterocycles. The third-order valence-corrected chi connectivity index (χ3v) is 5.21. The van der Waals surface area contributed by atoms with Crippen LogP contribution in [0.5, 0.6) is 0 Å². The van der Waals surface area contributed by atoms with E-state index in [9.17, 15) is 19.5 Å². The predicted molar refractivity (Wildman–Crippen MR) is 104 cm³/mol. The molecule has 1 fully saturated rings. The maximum Gasteiger partial charge on any atom is 0.326 e. The molecule has 6 nitrogen and oxygen atoms in total. The molecule has 0 heterocycles. The minimum absolute atomic E-state index is 0.0278. The molecule has 1 amide bonds. The summed E-state index contributed by atoms with van der Waals surface area (Å²) in [5, 5.41) is 12.1. The number of rotatable bonds is 12. The van der Waals surface area contributed by atoms with Gasteiger partial charge in [0.1, 0.15) is 6.04 Å². The van der Waals surface area contributed by atoms with E-state index in [1.54, 1.807) is 0 Å². The van der Waals surface area contributed by atoms with Crippen LogP contribution >= 0.6 is 0 Å². The van der Waals surface area contributed by atoms with Crippen molar-refractivity contribution in [1.29, 1.82) is 0 Å². The monoisotopic (exact) mass is 383 g/mol. The SMILES string of the molecule is CCCCOC(=O)CC(CC1CCCCC1)C(=O)N[C@@H](CC(C)C)C(=O)O. The molecule has 1 unspecified atom stereocenters. The van der Waals surface area contributed by atoms with Crippen molar-refractivity contribution in [2.75, 3.05) is 6.61 Å². The molecule has 0 bridgehead atoms. The van der Waals surface area contributed by atoms with Crippen LogP contribution in [0.25, 0.3) is 0 Å². The van der Waals surface area contributed by atoms with Crippen LogP contribution < -0.4 is 5.32 Å². The van der Waals surface area contributed by atoms with Crippen molar-refractivity contribution >= 4 is 17.8 Å². The number of aliphatic carboxylic acids is 1. The van der Waals surface area contributed by atoms with Crippen molar-refractivity contribution in [1.82, 2.24) is 5.32 Å². The largest absolute Gasteiger partial charge is 0.480 e. The van der Waals surface area contributed by atoms with Gasteiger partial charge in [0.05, 0.1) is 13.0 Å². The fraction of sp³-hybridized carbons (Fsp3) is 0.857. The first-order chi connectivity index (χ1) is 12.8. The van der Waals surface area contributed by atoms with Crippen LogP contribution in [0.1, 0.15) is 85.0 Å². The first-order valence-corrected chi connectivity index (χ1v) is 10.5. The summed E-state index contributed by atoms with van der Waals surface area (Å²) in [5.41, 5.74) is 0. The molecule has 27 heavy (non-hydrogen) atoms. The fourth-order valence-electron chi connectivity index (χ4n) is 3.68. The maximum absolute atomic E-state index is 12.8. The summed E-state index contributed by atoms with van der Waals surface area (Å²) in [6.45, 7) is 6.24. The number of nitrogens with one attached hydrogen (secondary N) is 1. The van der Waals surface area contributed by atoms with Crippen molar-refractivity contribution in [2.24, 2.45) is 17.8 Å². The van der Waals surface area contributed by atoms with Crippen LogP contribution in [0.2, 0.25) is 0 Å². The molecule has 2 N–H and O–H groups in total. The minimum Gasteiger partial charge on any atom is -0.480 e. The standard InChI is InChI=1S/C21H37NO5/c1-4-5-11-27-19(23)14-17(13-16-9-7-6-8-10-16)20(24)22-18(21(25)26)12-15(2)3/h15-18H,4-14H2,1-3H3,(H,22,24)(H,25,26)/t17?,18-/m0/s1. The first kappa shape index (κ1) is 23.4. The lowest BCUT2D eigenvalue weighted by Crippen LogP contribution is -2.45. The average Bonchev–Trinajstić information content (AvgIpc) is 2.61. The molecule has 0 spiro atoms. The van der Waals surface area contributed by atoms with Gasteiger partial charge in [0, 0.05) is 5.92 Å². The molecule has 1 saturated carbocycles. The molecule has 1 aliphatic rings. The molecule has 0 radical (unpaired) electrons.